The molecule has 0 aliphatic heterocycles. The molecule has 0 aliphatic rings. The molecule has 98 valence electrons. The molecular formula is C15H16N2O2. The van der Waals surface area contributed by atoms with Gasteiger partial charge in [-0.2, -0.15) is 0 Å². The lowest BCUT2D eigenvalue weighted by atomic mass is 10.1. The first-order valence-corrected chi connectivity index (χ1v) is 5.87. The summed E-state index contributed by atoms with van der Waals surface area (Å²) in [5.74, 6) is 0.387. The van der Waals surface area contributed by atoms with Crippen molar-refractivity contribution in [3.05, 3.63) is 65.5 Å². The van der Waals surface area contributed by atoms with Gasteiger partial charge in [0, 0.05) is 17.3 Å². The third kappa shape index (κ3) is 3.67. The van der Waals surface area contributed by atoms with Crippen molar-refractivity contribution in [3.63, 3.8) is 0 Å². The number of aliphatic hydroxyl groups excluding tert-OH is 1. The molecule has 0 fully saturated rings. The summed E-state index contributed by atoms with van der Waals surface area (Å²) in [6, 6.07) is 15.1. The van der Waals surface area contributed by atoms with E-state index in [9.17, 15) is 0 Å². The quantitative estimate of drug-likeness (QED) is 0.580. The molecule has 0 bridgehead atoms. The van der Waals surface area contributed by atoms with Gasteiger partial charge in [-0.25, -0.2) is 0 Å². The van der Waals surface area contributed by atoms with Gasteiger partial charge in [-0.05, 0) is 23.8 Å². The van der Waals surface area contributed by atoms with Crippen molar-refractivity contribution < 1.29 is 9.84 Å². The van der Waals surface area contributed by atoms with Crippen LogP contribution >= 0.6 is 0 Å². The average Bonchev–Trinajstić information content (AvgIpc) is 2.40. The van der Waals surface area contributed by atoms with E-state index in [-0.39, 0.29) is 5.88 Å². The van der Waals surface area contributed by atoms with Gasteiger partial charge in [-0.15, -0.1) is 0 Å². The topological polar surface area (TPSA) is 81.5 Å². The predicted molar refractivity (Wildman–Crippen MR) is 76.4 cm³/mol. The lowest BCUT2D eigenvalue weighted by molar-refractivity contribution is 0.306. The Balaban J connectivity index is 2.11. The van der Waals surface area contributed by atoms with Crippen LogP contribution in [0.1, 0.15) is 11.1 Å². The highest BCUT2D eigenvalue weighted by Crippen LogP contribution is 2.22. The summed E-state index contributed by atoms with van der Waals surface area (Å²) in [5, 5.41) is 9.07. The van der Waals surface area contributed by atoms with Gasteiger partial charge < -0.3 is 21.3 Å². The highest BCUT2D eigenvalue weighted by molar-refractivity contribution is 5.66. The molecule has 4 heteroatoms. The van der Waals surface area contributed by atoms with E-state index in [4.69, 9.17) is 21.3 Å². The van der Waals surface area contributed by atoms with Crippen LogP contribution in [0.25, 0.3) is 6.08 Å². The van der Waals surface area contributed by atoms with Crippen LogP contribution in [0.2, 0.25) is 0 Å². The number of ether oxygens (including phenoxy) is 1. The van der Waals surface area contributed by atoms with Crippen molar-refractivity contribution in [2.75, 3.05) is 5.73 Å². The Bertz CT molecular complexity index is 576. The zero-order valence-corrected chi connectivity index (χ0v) is 10.4. The molecule has 19 heavy (non-hydrogen) atoms. The van der Waals surface area contributed by atoms with Crippen LogP contribution in [-0.4, -0.2) is 5.11 Å². The van der Waals surface area contributed by atoms with Crippen LogP contribution in [-0.2, 0) is 6.61 Å². The Kier molecular flexibility index (Phi) is 3.93. The van der Waals surface area contributed by atoms with Crippen LogP contribution in [0, 0.1) is 0 Å². The molecule has 0 amide bonds. The normalized spacial score (nSPS) is 11.3. The number of hydrogen-bond acceptors (Lipinski definition) is 4. The van der Waals surface area contributed by atoms with Gasteiger partial charge in [0.1, 0.15) is 12.4 Å². The first-order chi connectivity index (χ1) is 9.15. The van der Waals surface area contributed by atoms with Crippen LogP contribution in [0.3, 0.4) is 0 Å². The number of aliphatic hydroxyl groups is 1. The fraction of sp³-hybridized carbons (Fsp3) is 0.0667. The number of anilines is 1. The van der Waals surface area contributed by atoms with Crippen LogP contribution in [0.4, 0.5) is 5.69 Å². The van der Waals surface area contributed by atoms with Gasteiger partial charge in [0.05, 0.1) is 0 Å². The molecule has 0 aromatic heterocycles. The van der Waals surface area contributed by atoms with Crippen molar-refractivity contribution in [1.29, 1.82) is 0 Å². The summed E-state index contributed by atoms with van der Waals surface area (Å²) in [6.07, 6.45) is 1.39. The molecule has 4 nitrogen and oxygen atoms in total. The van der Waals surface area contributed by atoms with Gasteiger partial charge >= 0.3 is 0 Å². The highest BCUT2D eigenvalue weighted by Gasteiger charge is 2.01. The number of nitrogens with two attached hydrogens (primary N) is 2. The van der Waals surface area contributed by atoms with Gasteiger partial charge in [0.2, 0.25) is 0 Å². The molecule has 0 saturated carbocycles. The summed E-state index contributed by atoms with van der Waals surface area (Å²) in [7, 11) is 0. The van der Waals surface area contributed by atoms with Crippen molar-refractivity contribution in [3.8, 4) is 5.75 Å². The standard InChI is InChI=1S/C15H16N2O2/c16-14-7-6-13(8-12(14)9-15(17)18)19-10-11-4-2-1-3-5-11/h1-9,18H,10,16-17H2/b15-9+. The minimum Gasteiger partial charge on any atom is -0.495 e. The molecular weight excluding hydrogens is 240 g/mol. The molecule has 0 saturated heterocycles. The fourth-order valence-electron chi connectivity index (χ4n) is 1.67. The van der Waals surface area contributed by atoms with E-state index in [0.29, 0.717) is 23.6 Å². The van der Waals surface area contributed by atoms with Gasteiger partial charge in [0.25, 0.3) is 0 Å². The minimum atomic E-state index is -0.285. The van der Waals surface area contributed by atoms with Crippen molar-refractivity contribution >= 4 is 11.8 Å². The monoisotopic (exact) mass is 256 g/mol. The molecule has 2 rings (SSSR count). The zero-order chi connectivity index (χ0) is 13.7. The Labute approximate surface area is 111 Å². The number of rotatable bonds is 4. The van der Waals surface area contributed by atoms with E-state index in [1.165, 1.54) is 6.08 Å². The Hall–Kier alpha value is -2.62. The number of nitrogen functional groups attached to an aromatic ring is 1. The van der Waals surface area contributed by atoms with Crippen molar-refractivity contribution in [2.45, 2.75) is 6.61 Å². The summed E-state index contributed by atoms with van der Waals surface area (Å²) in [5.41, 5.74) is 13.3. The van der Waals surface area contributed by atoms with Crippen LogP contribution < -0.4 is 16.2 Å². The Morgan fingerprint density at radius 2 is 1.89 bits per heavy atom. The third-order valence-corrected chi connectivity index (χ3v) is 2.61. The van der Waals surface area contributed by atoms with E-state index >= 15 is 0 Å². The molecule has 0 spiro atoms. The Morgan fingerprint density at radius 3 is 2.58 bits per heavy atom. The molecule has 0 aliphatic carbocycles. The van der Waals surface area contributed by atoms with Crippen molar-refractivity contribution in [2.24, 2.45) is 5.73 Å². The van der Waals surface area contributed by atoms with E-state index in [1.54, 1.807) is 18.2 Å². The zero-order valence-electron chi connectivity index (χ0n) is 10.4. The van der Waals surface area contributed by atoms with E-state index in [0.717, 1.165) is 5.56 Å². The highest BCUT2D eigenvalue weighted by atomic mass is 16.5. The molecule has 0 unspecified atom stereocenters. The first-order valence-electron chi connectivity index (χ1n) is 5.87. The van der Waals surface area contributed by atoms with Crippen molar-refractivity contribution in [1.82, 2.24) is 0 Å². The maximum Gasteiger partial charge on any atom is 0.182 e. The second-order valence-corrected chi connectivity index (χ2v) is 4.13. The van der Waals surface area contributed by atoms with Gasteiger partial charge in [-0.3, -0.25) is 0 Å². The molecule has 2 aromatic rings. The van der Waals surface area contributed by atoms with Gasteiger partial charge in [0.15, 0.2) is 5.88 Å². The summed E-state index contributed by atoms with van der Waals surface area (Å²) in [6.45, 7) is 0.475. The number of hydrogen-bond donors (Lipinski definition) is 3. The largest absolute Gasteiger partial charge is 0.495 e. The SMILES string of the molecule is N/C(O)=C\c1cc(OCc2ccccc2)ccc1N. The second-order valence-electron chi connectivity index (χ2n) is 4.13. The molecule has 0 radical (unpaired) electrons. The first kappa shape index (κ1) is 12.8. The second kappa shape index (κ2) is 5.82. The lowest BCUT2D eigenvalue weighted by Gasteiger charge is -2.08. The van der Waals surface area contributed by atoms with E-state index < -0.39 is 0 Å². The predicted octanol–water partition coefficient (Wildman–Crippen LogP) is 2.66. The summed E-state index contributed by atoms with van der Waals surface area (Å²) >= 11 is 0. The molecule has 5 N–H and O–H groups in total. The van der Waals surface area contributed by atoms with Crippen LogP contribution in [0.15, 0.2) is 54.4 Å². The molecule has 0 atom stereocenters. The molecule has 0 heterocycles. The fourth-order valence-corrected chi connectivity index (χ4v) is 1.67. The van der Waals surface area contributed by atoms with E-state index in [1.807, 2.05) is 30.3 Å². The average molecular weight is 256 g/mol. The van der Waals surface area contributed by atoms with Gasteiger partial charge in [-0.1, -0.05) is 30.3 Å². The third-order valence-electron chi connectivity index (χ3n) is 2.61. The van der Waals surface area contributed by atoms with Crippen LogP contribution in [0.5, 0.6) is 5.75 Å². The summed E-state index contributed by atoms with van der Waals surface area (Å²) < 4.78 is 5.66. The molecule has 2 aromatic carbocycles. The smallest absolute Gasteiger partial charge is 0.182 e. The minimum absolute atomic E-state index is 0.285. The Morgan fingerprint density at radius 1 is 1.16 bits per heavy atom. The lowest BCUT2D eigenvalue weighted by Crippen LogP contribution is -1.98. The maximum absolute atomic E-state index is 9.07. The maximum atomic E-state index is 9.07. The van der Waals surface area contributed by atoms with E-state index in [2.05, 4.69) is 0 Å². The number of benzene rings is 2. The summed E-state index contributed by atoms with van der Waals surface area (Å²) in [4.78, 5) is 0.